The van der Waals surface area contributed by atoms with Gasteiger partial charge in [-0.25, -0.2) is 8.42 Å². The lowest BCUT2D eigenvalue weighted by atomic mass is 10.1. The van der Waals surface area contributed by atoms with Gasteiger partial charge >= 0.3 is 18.1 Å². The predicted octanol–water partition coefficient (Wildman–Crippen LogP) is 3.06. The first-order valence-electron chi connectivity index (χ1n) is 9.06. The second kappa shape index (κ2) is 9.82. The summed E-state index contributed by atoms with van der Waals surface area (Å²) in [5.74, 6) is -2.44. The molecule has 0 unspecified atom stereocenters. The molecule has 11 heteroatoms. The minimum absolute atomic E-state index is 0.0348. The average molecular weight is 459 g/mol. The van der Waals surface area contributed by atoms with Gasteiger partial charge in [-0.05, 0) is 36.2 Å². The minimum Gasteiger partial charge on any atom is -0.493 e. The minimum atomic E-state index is -4.96. The lowest BCUT2D eigenvalue weighted by molar-refractivity contribution is -0.173. The van der Waals surface area contributed by atoms with Crippen LogP contribution in [0.15, 0.2) is 52.3 Å². The summed E-state index contributed by atoms with van der Waals surface area (Å²) in [6.07, 6.45) is -4.78. The first kappa shape index (κ1) is 24.2. The van der Waals surface area contributed by atoms with E-state index in [0.29, 0.717) is 5.56 Å². The normalized spacial score (nSPS) is 11.6. The van der Waals surface area contributed by atoms with Crippen LogP contribution in [0.5, 0.6) is 11.5 Å². The highest BCUT2D eigenvalue weighted by molar-refractivity contribution is 7.91. The zero-order valence-corrected chi connectivity index (χ0v) is 17.5. The number of carbonyl (C=O) groups excluding carboxylic acids is 2. The van der Waals surface area contributed by atoms with Crippen molar-refractivity contribution in [1.29, 1.82) is 0 Å². The number of alkyl halides is 3. The Hall–Kier alpha value is -3.08. The number of hydrogen-bond acceptors (Lipinski definition) is 6. The van der Waals surface area contributed by atoms with Crippen LogP contribution < -0.4 is 14.8 Å². The third-order valence-electron chi connectivity index (χ3n) is 4.15. The van der Waals surface area contributed by atoms with Crippen LogP contribution in [0.1, 0.15) is 18.9 Å². The molecule has 0 bridgehead atoms. The van der Waals surface area contributed by atoms with Crippen LogP contribution in [-0.4, -0.2) is 40.1 Å². The number of ether oxygens (including phenoxy) is 2. The molecule has 31 heavy (non-hydrogen) atoms. The molecular formula is C20H20F3NO6S. The Kier molecular flexibility index (Phi) is 7.66. The molecule has 0 radical (unpaired) electrons. The summed E-state index contributed by atoms with van der Waals surface area (Å²) in [5.41, 5.74) is 0.536. The first-order chi connectivity index (χ1) is 14.5. The van der Waals surface area contributed by atoms with Gasteiger partial charge in [0.05, 0.1) is 16.9 Å². The number of nitrogens with one attached hydrogen (secondary N) is 1. The number of hydrogen-bond donors (Lipinski definition) is 1. The smallest absolute Gasteiger partial charge is 0.471 e. The third kappa shape index (κ3) is 6.20. The highest BCUT2D eigenvalue weighted by Crippen LogP contribution is 2.32. The van der Waals surface area contributed by atoms with Gasteiger partial charge in [0.15, 0.2) is 11.5 Å². The van der Waals surface area contributed by atoms with Gasteiger partial charge in [0.25, 0.3) is 0 Å². The molecule has 0 aliphatic rings. The van der Waals surface area contributed by atoms with Gasteiger partial charge in [-0.15, -0.1) is 0 Å². The van der Waals surface area contributed by atoms with Crippen molar-refractivity contribution in [2.75, 3.05) is 13.7 Å². The van der Waals surface area contributed by atoms with E-state index in [1.807, 2.05) is 0 Å². The number of halogens is 3. The highest BCUT2D eigenvalue weighted by Gasteiger charge is 2.38. The number of rotatable bonds is 8. The topological polar surface area (TPSA) is 98.8 Å². The first-order valence-corrected chi connectivity index (χ1v) is 10.5. The number of esters is 1. The summed E-state index contributed by atoms with van der Waals surface area (Å²) in [6.45, 7) is 1.33. The molecule has 0 saturated heterocycles. The Balaban J connectivity index is 2.18. The number of benzene rings is 2. The molecule has 1 N–H and O–H groups in total. The van der Waals surface area contributed by atoms with Crippen molar-refractivity contribution in [3.63, 3.8) is 0 Å². The summed E-state index contributed by atoms with van der Waals surface area (Å²) >= 11 is 0. The van der Waals surface area contributed by atoms with Crippen LogP contribution in [0.3, 0.4) is 0 Å². The molecule has 2 aromatic rings. The molecule has 2 aromatic carbocycles. The largest absolute Gasteiger partial charge is 0.493 e. The van der Waals surface area contributed by atoms with Crippen LogP contribution in [0.25, 0.3) is 0 Å². The number of methoxy groups -OCH3 is 1. The van der Waals surface area contributed by atoms with Crippen molar-refractivity contribution in [1.82, 2.24) is 5.32 Å². The number of carbonyl (C=O) groups is 2. The van der Waals surface area contributed by atoms with E-state index in [1.165, 1.54) is 49.6 Å². The van der Waals surface area contributed by atoms with Gasteiger partial charge in [-0.2, -0.15) is 13.2 Å². The number of sulfone groups is 1. The van der Waals surface area contributed by atoms with Gasteiger partial charge in [-0.1, -0.05) is 19.1 Å². The summed E-state index contributed by atoms with van der Waals surface area (Å²) < 4.78 is 72.5. The van der Waals surface area contributed by atoms with Crippen molar-refractivity contribution in [3.8, 4) is 11.5 Å². The predicted molar refractivity (Wildman–Crippen MR) is 104 cm³/mol. The van der Waals surface area contributed by atoms with Crippen molar-refractivity contribution in [3.05, 3.63) is 48.0 Å². The molecule has 0 aromatic heterocycles. The quantitative estimate of drug-likeness (QED) is 0.481. The van der Waals surface area contributed by atoms with Crippen LogP contribution >= 0.6 is 0 Å². The molecular weight excluding hydrogens is 439 g/mol. The molecule has 2 rings (SSSR count). The maximum atomic E-state index is 12.9. The second-order valence-corrected chi connectivity index (χ2v) is 8.24. The number of amides is 1. The maximum absolute atomic E-state index is 12.9. The molecule has 168 valence electrons. The molecule has 0 saturated carbocycles. The van der Waals surface area contributed by atoms with Crippen LogP contribution in [-0.2, 0) is 25.8 Å². The summed E-state index contributed by atoms with van der Waals surface area (Å²) in [6, 6.07) is 9.34. The molecule has 0 heterocycles. The Morgan fingerprint density at radius 3 is 2.16 bits per heavy atom. The zero-order valence-electron chi connectivity index (χ0n) is 16.7. The molecule has 0 aliphatic heterocycles. The van der Waals surface area contributed by atoms with E-state index in [1.54, 1.807) is 12.2 Å². The molecule has 0 fully saturated rings. The summed E-state index contributed by atoms with van der Waals surface area (Å²) in [4.78, 5) is 22.2. The fraction of sp³-hybridized carbons (Fsp3) is 0.300. The SMILES string of the molecule is CCC(=O)Oc1cc(S(=O)(=O)c2ccc(CCNC(=O)C(F)(F)F)cc2)ccc1OC. The standard InChI is InChI=1S/C20H20F3NO6S/c1-3-18(25)30-17-12-15(8-9-16(17)29-2)31(27,28)14-6-4-13(5-7-14)10-11-24-19(26)20(21,22)23/h4-9,12H,3,10-11H2,1-2H3,(H,24,26). The molecule has 0 spiro atoms. The fourth-order valence-electron chi connectivity index (χ4n) is 2.49. The van der Waals surface area contributed by atoms with Crippen molar-refractivity contribution >= 4 is 21.7 Å². The fourth-order valence-corrected chi connectivity index (χ4v) is 3.77. The van der Waals surface area contributed by atoms with Gasteiger partial charge < -0.3 is 14.8 Å². The van der Waals surface area contributed by atoms with Crippen LogP contribution in [0.4, 0.5) is 13.2 Å². The Morgan fingerprint density at radius 2 is 1.61 bits per heavy atom. The summed E-state index contributed by atoms with van der Waals surface area (Å²) in [7, 11) is -2.61. The Bertz CT molecular complexity index is 1050. The molecule has 0 atom stereocenters. The lowest BCUT2D eigenvalue weighted by Crippen LogP contribution is -2.37. The van der Waals surface area contributed by atoms with E-state index >= 15 is 0 Å². The van der Waals surface area contributed by atoms with Gasteiger partial charge in [0.2, 0.25) is 9.84 Å². The molecule has 0 aliphatic carbocycles. The molecule has 1 amide bonds. The summed E-state index contributed by atoms with van der Waals surface area (Å²) in [5, 5.41) is 1.74. The van der Waals surface area contributed by atoms with Crippen molar-refractivity contribution in [2.45, 2.75) is 35.7 Å². The molecule has 7 nitrogen and oxygen atoms in total. The third-order valence-corrected chi connectivity index (χ3v) is 5.92. The van der Waals surface area contributed by atoms with Crippen LogP contribution in [0, 0.1) is 0 Å². The van der Waals surface area contributed by atoms with Gasteiger partial charge in [0.1, 0.15) is 0 Å². The van der Waals surface area contributed by atoms with E-state index in [0.717, 1.165) is 0 Å². The van der Waals surface area contributed by atoms with E-state index in [-0.39, 0.29) is 40.7 Å². The van der Waals surface area contributed by atoms with E-state index in [4.69, 9.17) is 9.47 Å². The average Bonchev–Trinajstić information content (AvgIpc) is 2.73. The monoisotopic (exact) mass is 459 g/mol. The maximum Gasteiger partial charge on any atom is 0.471 e. The second-order valence-electron chi connectivity index (χ2n) is 6.29. The lowest BCUT2D eigenvalue weighted by Gasteiger charge is -2.12. The van der Waals surface area contributed by atoms with Crippen LogP contribution in [0.2, 0.25) is 0 Å². The Morgan fingerprint density at radius 1 is 1.00 bits per heavy atom. The van der Waals surface area contributed by atoms with E-state index in [9.17, 15) is 31.2 Å². The highest BCUT2D eigenvalue weighted by atomic mass is 32.2. The Labute approximate surface area is 177 Å². The van der Waals surface area contributed by atoms with Crippen molar-refractivity contribution < 1.29 is 40.7 Å². The van der Waals surface area contributed by atoms with E-state index in [2.05, 4.69) is 0 Å². The van der Waals surface area contributed by atoms with Gasteiger partial charge in [-0.3, -0.25) is 9.59 Å². The van der Waals surface area contributed by atoms with Crippen molar-refractivity contribution in [2.24, 2.45) is 0 Å². The van der Waals surface area contributed by atoms with E-state index < -0.39 is 27.9 Å². The van der Waals surface area contributed by atoms with Gasteiger partial charge in [0, 0.05) is 19.0 Å². The zero-order chi connectivity index (χ0) is 23.2.